The lowest BCUT2D eigenvalue weighted by molar-refractivity contribution is -0.137. The number of anilines is 1. The fraction of sp³-hybridized carbons (Fsp3) is 0.333. The van der Waals surface area contributed by atoms with E-state index in [2.05, 4.69) is 20.2 Å². The first-order valence-corrected chi connectivity index (χ1v) is 9.57. The van der Waals surface area contributed by atoms with Gasteiger partial charge in [-0.15, -0.1) is 0 Å². The highest BCUT2D eigenvalue weighted by Gasteiger charge is 2.31. The molecule has 8 heteroatoms. The van der Waals surface area contributed by atoms with Gasteiger partial charge in [0.05, 0.1) is 11.1 Å². The number of aromatic nitrogens is 2. The lowest BCUT2D eigenvalue weighted by Gasteiger charge is -2.14. The zero-order chi connectivity index (χ0) is 21.2. The fourth-order valence-corrected chi connectivity index (χ4v) is 3.28. The number of fused-ring (bicyclic) bond motifs is 1. The summed E-state index contributed by atoms with van der Waals surface area (Å²) in [6.45, 7) is 3.50. The highest BCUT2D eigenvalue weighted by Crippen LogP contribution is 2.35. The van der Waals surface area contributed by atoms with Gasteiger partial charge in [0.15, 0.2) is 5.82 Å². The summed E-state index contributed by atoms with van der Waals surface area (Å²) in [4.78, 5) is 11.2. The van der Waals surface area contributed by atoms with Gasteiger partial charge in [-0.1, -0.05) is 23.7 Å². The van der Waals surface area contributed by atoms with Crippen LogP contribution in [-0.2, 0) is 6.18 Å². The highest BCUT2D eigenvalue weighted by molar-refractivity contribution is 6.31. The lowest BCUT2D eigenvalue weighted by Crippen LogP contribution is -2.17. The molecule has 0 radical (unpaired) electrons. The Morgan fingerprint density at radius 1 is 1.10 bits per heavy atom. The van der Waals surface area contributed by atoms with Crippen molar-refractivity contribution in [2.24, 2.45) is 0 Å². The maximum Gasteiger partial charge on any atom is 0.416 e. The average Bonchev–Trinajstić information content (AvgIpc) is 2.64. The summed E-state index contributed by atoms with van der Waals surface area (Å²) in [6, 6.07) is 9.10. The monoisotopic (exact) mass is 422 g/mol. The van der Waals surface area contributed by atoms with Crippen LogP contribution in [-0.4, -0.2) is 42.1 Å². The van der Waals surface area contributed by atoms with Crippen LogP contribution in [0.3, 0.4) is 0 Å². The molecule has 0 unspecified atom stereocenters. The number of halogens is 4. The van der Waals surface area contributed by atoms with E-state index in [-0.39, 0.29) is 16.4 Å². The molecule has 1 aromatic heterocycles. The predicted octanol–water partition coefficient (Wildman–Crippen LogP) is 5.64. The lowest BCUT2D eigenvalue weighted by atomic mass is 10.1. The molecular formula is C21H22ClF3N4. The van der Waals surface area contributed by atoms with E-state index in [0.717, 1.165) is 36.0 Å². The summed E-state index contributed by atoms with van der Waals surface area (Å²) in [5.74, 6) is 0.802. The molecule has 0 spiro atoms. The quantitative estimate of drug-likeness (QED) is 0.522. The first kappa shape index (κ1) is 21.3. The number of benzene rings is 2. The molecule has 3 aromatic rings. The average molecular weight is 423 g/mol. The van der Waals surface area contributed by atoms with Gasteiger partial charge in [0.25, 0.3) is 0 Å². The Bertz CT molecular complexity index is 1020. The van der Waals surface area contributed by atoms with E-state index in [0.29, 0.717) is 17.9 Å². The van der Waals surface area contributed by atoms with Crippen molar-refractivity contribution in [2.75, 3.05) is 32.5 Å². The van der Waals surface area contributed by atoms with Crippen molar-refractivity contribution in [3.8, 4) is 11.4 Å². The van der Waals surface area contributed by atoms with Crippen LogP contribution in [0.2, 0.25) is 5.02 Å². The smallest absolute Gasteiger partial charge is 0.369 e. The summed E-state index contributed by atoms with van der Waals surface area (Å²) in [5, 5.41) is 4.13. The molecule has 0 aliphatic heterocycles. The molecule has 3 rings (SSSR count). The summed E-state index contributed by atoms with van der Waals surface area (Å²) in [5.41, 5.74) is 1.02. The molecule has 1 heterocycles. The van der Waals surface area contributed by atoms with Gasteiger partial charge < -0.3 is 10.2 Å². The molecule has 1 N–H and O–H groups in total. The minimum absolute atomic E-state index is 0.0104. The third kappa shape index (κ3) is 5.16. The van der Waals surface area contributed by atoms with Crippen LogP contribution in [0.4, 0.5) is 19.0 Å². The van der Waals surface area contributed by atoms with E-state index in [1.54, 1.807) is 0 Å². The van der Waals surface area contributed by atoms with Crippen molar-refractivity contribution in [2.45, 2.75) is 19.5 Å². The van der Waals surface area contributed by atoms with Gasteiger partial charge in [-0.3, -0.25) is 0 Å². The molecule has 0 amide bonds. The van der Waals surface area contributed by atoms with Crippen molar-refractivity contribution in [3.05, 3.63) is 52.5 Å². The molecule has 154 valence electrons. The predicted molar refractivity (Wildman–Crippen MR) is 111 cm³/mol. The van der Waals surface area contributed by atoms with Crippen molar-refractivity contribution >= 4 is 28.3 Å². The van der Waals surface area contributed by atoms with E-state index in [1.165, 1.54) is 6.07 Å². The highest BCUT2D eigenvalue weighted by atomic mass is 35.5. The molecule has 0 bridgehead atoms. The van der Waals surface area contributed by atoms with E-state index in [1.807, 2.05) is 39.2 Å². The Kier molecular flexibility index (Phi) is 6.29. The summed E-state index contributed by atoms with van der Waals surface area (Å²) >= 11 is 5.95. The first-order chi connectivity index (χ1) is 13.6. The normalized spacial score (nSPS) is 12.0. The van der Waals surface area contributed by atoms with E-state index >= 15 is 0 Å². The number of rotatable bonds is 6. The minimum Gasteiger partial charge on any atom is -0.369 e. The van der Waals surface area contributed by atoms with E-state index < -0.39 is 11.7 Å². The van der Waals surface area contributed by atoms with E-state index in [9.17, 15) is 13.2 Å². The van der Waals surface area contributed by atoms with Crippen LogP contribution in [0.5, 0.6) is 0 Å². The SMILES string of the molecule is Cc1cccc2c(NCCCN(C)C)nc(-c3cc(Cl)cc(C(F)(F)F)c3)nc12. The van der Waals surface area contributed by atoms with Crippen LogP contribution >= 0.6 is 11.6 Å². The van der Waals surface area contributed by atoms with Gasteiger partial charge in [0.1, 0.15) is 5.82 Å². The Hall–Kier alpha value is -2.38. The summed E-state index contributed by atoms with van der Waals surface area (Å²) in [7, 11) is 4.00. The van der Waals surface area contributed by atoms with Gasteiger partial charge in [-0.2, -0.15) is 13.2 Å². The number of hydrogen-bond acceptors (Lipinski definition) is 4. The molecule has 0 saturated heterocycles. The maximum atomic E-state index is 13.2. The topological polar surface area (TPSA) is 41.0 Å². The fourth-order valence-electron chi connectivity index (χ4n) is 3.04. The van der Waals surface area contributed by atoms with Crippen LogP contribution in [0, 0.1) is 6.92 Å². The molecule has 4 nitrogen and oxygen atoms in total. The van der Waals surface area contributed by atoms with Gasteiger partial charge >= 0.3 is 6.18 Å². The van der Waals surface area contributed by atoms with Crippen LogP contribution in [0.15, 0.2) is 36.4 Å². The largest absolute Gasteiger partial charge is 0.416 e. The third-order valence-electron chi connectivity index (χ3n) is 4.49. The molecular weight excluding hydrogens is 401 g/mol. The second-order valence-corrected chi connectivity index (χ2v) is 7.61. The number of aryl methyl sites for hydroxylation is 1. The Balaban J connectivity index is 2.07. The standard InChI is InChI=1S/C21H22ClF3N4/c1-13-6-4-7-17-18(13)27-19(28-20(17)26-8-5-9-29(2)3)14-10-15(21(23,24)25)12-16(22)11-14/h4,6-7,10-12H,5,8-9H2,1-3H3,(H,26,27,28). The Labute approximate surface area is 172 Å². The van der Waals surface area contributed by atoms with Crippen molar-refractivity contribution in [3.63, 3.8) is 0 Å². The zero-order valence-corrected chi connectivity index (χ0v) is 17.2. The second-order valence-electron chi connectivity index (χ2n) is 7.18. The zero-order valence-electron chi connectivity index (χ0n) is 16.4. The third-order valence-corrected chi connectivity index (χ3v) is 4.70. The number of nitrogens with one attached hydrogen (secondary N) is 1. The van der Waals surface area contributed by atoms with Crippen molar-refractivity contribution < 1.29 is 13.2 Å². The number of alkyl halides is 3. The van der Waals surface area contributed by atoms with Crippen molar-refractivity contribution in [1.29, 1.82) is 0 Å². The van der Waals surface area contributed by atoms with Crippen LogP contribution in [0.25, 0.3) is 22.3 Å². The number of hydrogen-bond donors (Lipinski definition) is 1. The van der Waals surface area contributed by atoms with Gasteiger partial charge in [-0.25, -0.2) is 9.97 Å². The minimum atomic E-state index is -4.50. The molecule has 0 saturated carbocycles. The molecule has 2 aromatic carbocycles. The second kappa shape index (κ2) is 8.55. The molecule has 0 atom stereocenters. The van der Waals surface area contributed by atoms with Crippen LogP contribution in [0.1, 0.15) is 17.5 Å². The molecule has 0 fully saturated rings. The maximum absolute atomic E-state index is 13.2. The van der Waals surface area contributed by atoms with Crippen molar-refractivity contribution in [1.82, 2.24) is 14.9 Å². The summed E-state index contributed by atoms with van der Waals surface area (Å²) in [6.07, 6.45) is -3.60. The molecule has 0 aliphatic carbocycles. The van der Waals surface area contributed by atoms with Gasteiger partial charge in [0, 0.05) is 22.5 Å². The van der Waals surface area contributed by atoms with Crippen LogP contribution < -0.4 is 5.32 Å². The van der Waals surface area contributed by atoms with Gasteiger partial charge in [0.2, 0.25) is 0 Å². The number of para-hydroxylation sites is 1. The first-order valence-electron chi connectivity index (χ1n) is 9.19. The van der Waals surface area contributed by atoms with E-state index in [4.69, 9.17) is 11.6 Å². The number of nitrogens with zero attached hydrogens (tertiary/aromatic N) is 3. The molecule has 0 aliphatic rings. The summed E-state index contributed by atoms with van der Waals surface area (Å²) < 4.78 is 39.6. The Morgan fingerprint density at radius 3 is 2.55 bits per heavy atom. The Morgan fingerprint density at radius 2 is 1.86 bits per heavy atom. The van der Waals surface area contributed by atoms with Gasteiger partial charge in [-0.05, 0) is 63.8 Å². The molecule has 29 heavy (non-hydrogen) atoms.